The van der Waals surface area contributed by atoms with Gasteiger partial charge >= 0.3 is 6.18 Å². The van der Waals surface area contributed by atoms with E-state index >= 15 is 0 Å². The van der Waals surface area contributed by atoms with Crippen LogP contribution in [0.25, 0.3) is 0 Å². The molecule has 2 aromatic rings. The molecule has 110 valence electrons. The van der Waals surface area contributed by atoms with E-state index < -0.39 is 35.3 Å². The molecule has 1 aromatic carbocycles. The molecule has 0 bridgehead atoms. The minimum Gasteiger partial charge on any atom is -0.433 e. The number of nitrogens with zero attached hydrogens (tertiary/aromatic N) is 2. The van der Waals surface area contributed by atoms with Gasteiger partial charge in [0, 0.05) is 17.8 Å². The summed E-state index contributed by atoms with van der Waals surface area (Å²) in [5.74, 6) is -5.65. The Morgan fingerprint density at radius 1 is 1.14 bits per heavy atom. The van der Waals surface area contributed by atoms with Crippen LogP contribution >= 0.6 is 0 Å². The molecule has 9 heteroatoms. The topological polar surface area (TPSA) is 52.1 Å². The maximum Gasteiger partial charge on any atom is 0.451 e. The molecule has 0 aliphatic heterocycles. The fourth-order valence-electron chi connectivity index (χ4n) is 1.39. The first-order valence-electron chi connectivity index (χ1n) is 5.33. The third-order valence-electron chi connectivity index (χ3n) is 2.25. The number of hydrogen-bond donors (Lipinski definition) is 0. The zero-order valence-corrected chi connectivity index (χ0v) is 9.99. The van der Waals surface area contributed by atoms with Crippen LogP contribution < -0.4 is 4.74 Å². The van der Waals surface area contributed by atoms with Gasteiger partial charge in [0.1, 0.15) is 6.29 Å². The van der Waals surface area contributed by atoms with Crippen LogP contribution in [0.1, 0.15) is 16.2 Å². The Labute approximate surface area is 114 Å². The van der Waals surface area contributed by atoms with E-state index in [1.807, 2.05) is 0 Å². The van der Waals surface area contributed by atoms with Crippen LogP contribution in [-0.2, 0) is 6.18 Å². The summed E-state index contributed by atoms with van der Waals surface area (Å²) in [5, 5.41) is 0. The summed E-state index contributed by atoms with van der Waals surface area (Å²) in [5.41, 5.74) is -0.281. The molecule has 0 N–H and O–H groups in total. The highest BCUT2D eigenvalue weighted by molar-refractivity contribution is 5.75. The van der Waals surface area contributed by atoms with Crippen LogP contribution in [0.5, 0.6) is 11.6 Å². The second-order valence-corrected chi connectivity index (χ2v) is 3.75. The molecule has 0 saturated carbocycles. The molecule has 2 rings (SSSR count). The standard InChI is InChI=1S/C12H5F5N2O2/c13-7-3-6(5-20)4-8(14)10(7)21-9-1-2-18-11(19-9)12(15,16)17/h1-5H. The van der Waals surface area contributed by atoms with E-state index in [0.717, 1.165) is 12.3 Å². The van der Waals surface area contributed by atoms with Crippen LogP contribution in [0, 0.1) is 11.6 Å². The molecule has 0 radical (unpaired) electrons. The maximum absolute atomic E-state index is 13.5. The third-order valence-corrected chi connectivity index (χ3v) is 2.25. The summed E-state index contributed by atoms with van der Waals surface area (Å²) in [6.45, 7) is 0. The zero-order chi connectivity index (χ0) is 15.6. The van der Waals surface area contributed by atoms with Gasteiger partial charge in [-0.3, -0.25) is 4.79 Å². The van der Waals surface area contributed by atoms with Crippen molar-refractivity contribution < 1.29 is 31.5 Å². The highest BCUT2D eigenvalue weighted by atomic mass is 19.4. The first-order valence-corrected chi connectivity index (χ1v) is 5.33. The Balaban J connectivity index is 2.37. The first-order chi connectivity index (χ1) is 9.81. The van der Waals surface area contributed by atoms with Crippen molar-refractivity contribution in [2.75, 3.05) is 0 Å². The maximum atomic E-state index is 13.5. The van der Waals surface area contributed by atoms with E-state index in [2.05, 4.69) is 14.7 Å². The van der Waals surface area contributed by atoms with Gasteiger partial charge < -0.3 is 4.74 Å². The molecule has 0 fully saturated rings. The van der Waals surface area contributed by atoms with Gasteiger partial charge in [-0.25, -0.2) is 13.8 Å². The predicted molar refractivity (Wildman–Crippen MR) is 58.9 cm³/mol. The lowest BCUT2D eigenvalue weighted by Gasteiger charge is -2.09. The van der Waals surface area contributed by atoms with E-state index in [4.69, 9.17) is 0 Å². The van der Waals surface area contributed by atoms with Gasteiger partial charge in [-0.05, 0) is 12.1 Å². The Kier molecular flexibility index (Phi) is 3.83. The molecule has 1 heterocycles. The van der Waals surface area contributed by atoms with Crippen LogP contribution in [0.2, 0.25) is 0 Å². The van der Waals surface area contributed by atoms with Gasteiger partial charge in [0.15, 0.2) is 11.6 Å². The normalized spacial score (nSPS) is 11.3. The summed E-state index contributed by atoms with van der Waals surface area (Å²) in [6.07, 6.45) is -3.87. The summed E-state index contributed by atoms with van der Waals surface area (Å²) >= 11 is 0. The average Bonchev–Trinajstić information content (AvgIpc) is 2.42. The van der Waals surface area contributed by atoms with Gasteiger partial charge in [-0.1, -0.05) is 0 Å². The van der Waals surface area contributed by atoms with Crippen molar-refractivity contribution in [3.05, 3.63) is 47.4 Å². The Morgan fingerprint density at radius 3 is 2.29 bits per heavy atom. The predicted octanol–water partition coefficient (Wildman–Crippen LogP) is 3.38. The van der Waals surface area contributed by atoms with E-state index in [0.29, 0.717) is 12.1 Å². The SMILES string of the molecule is O=Cc1cc(F)c(Oc2ccnc(C(F)(F)F)n2)c(F)c1. The van der Waals surface area contributed by atoms with E-state index in [1.54, 1.807) is 0 Å². The number of alkyl halides is 3. The summed E-state index contributed by atoms with van der Waals surface area (Å²) in [6, 6.07) is 2.26. The second-order valence-electron chi connectivity index (χ2n) is 3.75. The van der Waals surface area contributed by atoms with Gasteiger partial charge in [-0.2, -0.15) is 18.2 Å². The number of ether oxygens (including phenoxy) is 1. The van der Waals surface area contributed by atoms with Crippen molar-refractivity contribution in [1.82, 2.24) is 9.97 Å². The number of aldehydes is 1. The molecule has 0 spiro atoms. The molecule has 0 aliphatic carbocycles. The number of benzene rings is 1. The molecule has 4 nitrogen and oxygen atoms in total. The second kappa shape index (κ2) is 5.43. The number of halogens is 5. The van der Waals surface area contributed by atoms with Crippen LogP contribution in [0.3, 0.4) is 0 Å². The summed E-state index contributed by atoms with van der Waals surface area (Å²) in [7, 11) is 0. The largest absolute Gasteiger partial charge is 0.451 e. The third kappa shape index (κ3) is 3.30. The van der Waals surface area contributed by atoms with Crippen molar-refractivity contribution in [2.45, 2.75) is 6.18 Å². The quantitative estimate of drug-likeness (QED) is 0.644. The number of carbonyl (C=O) groups is 1. The van der Waals surface area contributed by atoms with E-state index in [-0.39, 0.29) is 11.8 Å². The summed E-state index contributed by atoms with van der Waals surface area (Å²) in [4.78, 5) is 16.4. The average molecular weight is 304 g/mol. The lowest BCUT2D eigenvalue weighted by Crippen LogP contribution is -2.11. The molecule has 0 saturated heterocycles. The number of rotatable bonds is 3. The van der Waals surface area contributed by atoms with Gasteiger partial charge in [0.05, 0.1) is 0 Å². The highest BCUT2D eigenvalue weighted by Crippen LogP contribution is 2.30. The lowest BCUT2D eigenvalue weighted by molar-refractivity contribution is -0.145. The van der Waals surface area contributed by atoms with E-state index in [1.165, 1.54) is 0 Å². The van der Waals surface area contributed by atoms with E-state index in [9.17, 15) is 26.7 Å². The van der Waals surface area contributed by atoms with Crippen LogP contribution in [0.15, 0.2) is 24.4 Å². The van der Waals surface area contributed by atoms with Crippen LogP contribution in [0.4, 0.5) is 22.0 Å². The number of hydrogen-bond acceptors (Lipinski definition) is 4. The molecule has 21 heavy (non-hydrogen) atoms. The molecule has 0 amide bonds. The summed E-state index contributed by atoms with van der Waals surface area (Å²) < 4.78 is 68.9. The Bertz CT molecular complexity index is 665. The number of aromatic nitrogens is 2. The molecule has 0 atom stereocenters. The Morgan fingerprint density at radius 2 is 1.76 bits per heavy atom. The molecular formula is C12H5F5N2O2. The van der Waals surface area contributed by atoms with Gasteiger partial charge in [0.2, 0.25) is 17.5 Å². The zero-order valence-electron chi connectivity index (χ0n) is 9.99. The van der Waals surface area contributed by atoms with Gasteiger partial charge in [-0.15, -0.1) is 0 Å². The molecular weight excluding hydrogens is 299 g/mol. The first kappa shape index (κ1) is 14.8. The van der Waals surface area contributed by atoms with Gasteiger partial charge in [0.25, 0.3) is 0 Å². The fourth-order valence-corrected chi connectivity index (χ4v) is 1.39. The minimum atomic E-state index is -4.82. The monoisotopic (exact) mass is 304 g/mol. The van der Waals surface area contributed by atoms with Crippen molar-refractivity contribution in [3.8, 4) is 11.6 Å². The highest BCUT2D eigenvalue weighted by Gasteiger charge is 2.35. The van der Waals surface area contributed by atoms with Crippen molar-refractivity contribution >= 4 is 6.29 Å². The number of carbonyl (C=O) groups excluding carboxylic acids is 1. The molecule has 1 aromatic heterocycles. The minimum absolute atomic E-state index is 0.211. The molecule has 0 aliphatic rings. The Hall–Kier alpha value is -2.58. The lowest BCUT2D eigenvalue weighted by atomic mass is 10.2. The fraction of sp³-hybridized carbons (Fsp3) is 0.0833. The van der Waals surface area contributed by atoms with Crippen molar-refractivity contribution in [3.63, 3.8) is 0 Å². The van der Waals surface area contributed by atoms with Crippen LogP contribution in [-0.4, -0.2) is 16.3 Å². The molecule has 0 unspecified atom stereocenters. The smallest absolute Gasteiger partial charge is 0.433 e. The van der Waals surface area contributed by atoms with Crippen molar-refractivity contribution in [2.24, 2.45) is 0 Å². The van der Waals surface area contributed by atoms with Crippen molar-refractivity contribution in [1.29, 1.82) is 0 Å².